The van der Waals surface area contributed by atoms with Crippen LogP contribution < -0.4 is 10.6 Å². The molecule has 3 aromatic carbocycles. The molecule has 0 bridgehead atoms. The van der Waals surface area contributed by atoms with E-state index in [9.17, 15) is 22.8 Å². The summed E-state index contributed by atoms with van der Waals surface area (Å²) < 4.78 is 39.3. The highest BCUT2D eigenvalue weighted by Gasteiger charge is 2.33. The van der Waals surface area contributed by atoms with Gasteiger partial charge in [-0.3, -0.25) is 9.59 Å². The molecule has 0 fully saturated rings. The van der Waals surface area contributed by atoms with Crippen LogP contribution in [0.4, 0.5) is 18.9 Å². The van der Waals surface area contributed by atoms with E-state index < -0.39 is 17.6 Å². The maximum Gasteiger partial charge on any atom is 0.418 e. The molecule has 0 saturated carbocycles. The van der Waals surface area contributed by atoms with E-state index in [-0.39, 0.29) is 22.7 Å². The molecule has 2 N–H and O–H groups in total. The number of hydrogen-bond donors (Lipinski definition) is 2. The summed E-state index contributed by atoms with van der Waals surface area (Å²) in [6.07, 6.45) is -4.59. The van der Waals surface area contributed by atoms with E-state index in [0.717, 1.165) is 11.6 Å². The normalized spacial score (nSPS) is 11.0. The van der Waals surface area contributed by atoms with Crippen LogP contribution in [0, 0.1) is 0 Å². The van der Waals surface area contributed by atoms with Crippen LogP contribution in [-0.2, 0) is 12.7 Å². The highest BCUT2D eigenvalue weighted by Crippen LogP contribution is 2.34. The number of amides is 2. The number of para-hydroxylation sites is 1. The largest absolute Gasteiger partial charge is 0.418 e. The van der Waals surface area contributed by atoms with Crippen molar-refractivity contribution in [2.24, 2.45) is 0 Å². The predicted octanol–water partition coefficient (Wildman–Crippen LogP) is 4.89. The summed E-state index contributed by atoms with van der Waals surface area (Å²) in [6, 6.07) is 19.8. The fraction of sp³-hybridized carbons (Fsp3) is 0.0909. The van der Waals surface area contributed by atoms with E-state index in [1.54, 1.807) is 0 Å². The Morgan fingerprint density at radius 3 is 2.07 bits per heavy atom. The Balaban J connectivity index is 1.72. The molecule has 4 nitrogen and oxygen atoms in total. The van der Waals surface area contributed by atoms with Crippen molar-refractivity contribution in [2.75, 3.05) is 5.32 Å². The van der Waals surface area contributed by atoms with Crippen LogP contribution in [0.5, 0.6) is 0 Å². The van der Waals surface area contributed by atoms with Crippen LogP contribution in [0.3, 0.4) is 0 Å². The number of alkyl halides is 3. The Morgan fingerprint density at radius 1 is 0.759 bits per heavy atom. The number of carbonyl (C=O) groups excluding carboxylic acids is 2. The average molecular weight is 398 g/mol. The fourth-order valence-electron chi connectivity index (χ4n) is 2.72. The molecule has 7 heteroatoms. The van der Waals surface area contributed by atoms with Crippen LogP contribution in [0.2, 0.25) is 0 Å². The van der Waals surface area contributed by atoms with Gasteiger partial charge in [-0.25, -0.2) is 0 Å². The molecular weight excluding hydrogens is 381 g/mol. The van der Waals surface area contributed by atoms with Crippen LogP contribution in [-0.4, -0.2) is 11.8 Å². The van der Waals surface area contributed by atoms with E-state index in [0.29, 0.717) is 6.54 Å². The minimum Gasteiger partial charge on any atom is -0.348 e. The quantitative estimate of drug-likeness (QED) is 0.643. The topological polar surface area (TPSA) is 58.2 Å². The molecule has 0 radical (unpaired) electrons. The number of anilines is 1. The molecule has 0 saturated heterocycles. The zero-order valence-electron chi connectivity index (χ0n) is 15.2. The lowest BCUT2D eigenvalue weighted by atomic mass is 10.1. The molecule has 0 aliphatic rings. The van der Waals surface area contributed by atoms with Crippen molar-refractivity contribution in [1.29, 1.82) is 0 Å². The Morgan fingerprint density at radius 2 is 1.38 bits per heavy atom. The Bertz CT molecular complexity index is 1020. The van der Waals surface area contributed by atoms with Crippen molar-refractivity contribution in [3.8, 4) is 0 Å². The summed E-state index contributed by atoms with van der Waals surface area (Å²) in [5.74, 6) is -1.13. The third-order valence-electron chi connectivity index (χ3n) is 4.16. The maximum atomic E-state index is 13.1. The van der Waals surface area contributed by atoms with E-state index >= 15 is 0 Å². The highest BCUT2D eigenvalue weighted by atomic mass is 19.4. The lowest BCUT2D eigenvalue weighted by molar-refractivity contribution is -0.136. The van der Waals surface area contributed by atoms with E-state index in [2.05, 4.69) is 10.6 Å². The summed E-state index contributed by atoms with van der Waals surface area (Å²) in [4.78, 5) is 24.8. The third-order valence-corrected chi connectivity index (χ3v) is 4.16. The molecule has 0 unspecified atom stereocenters. The van der Waals surface area contributed by atoms with Gasteiger partial charge in [0, 0.05) is 17.7 Å². The second-order valence-corrected chi connectivity index (χ2v) is 6.25. The van der Waals surface area contributed by atoms with Crippen molar-refractivity contribution in [3.63, 3.8) is 0 Å². The van der Waals surface area contributed by atoms with Gasteiger partial charge < -0.3 is 10.6 Å². The molecule has 3 aromatic rings. The zero-order chi connectivity index (χ0) is 20.9. The minimum atomic E-state index is -4.59. The van der Waals surface area contributed by atoms with Crippen LogP contribution in [0.1, 0.15) is 31.8 Å². The lowest BCUT2D eigenvalue weighted by Gasteiger charge is -2.13. The number of rotatable bonds is 5. The first kappa shape index (κ1) is 20.1. The number of carbonyl (C=O) groups is 2. The Kier molecular flexibility index (Phi) is 5.97. The van der Waals surface area contributed by atoms with Crippen LogP contribution in [0.25, 0.3) is 0 Å². The predicted molar refractivity (Wildman–Crippen MR) is 103 cm³/mol. The van der Waals surface area contributed by atoms with E-state index in [1.807, 2.05) is 30.3 Å². The van der Waals surface area contributed by atoms with Crippen molar-refractivity contribution in [3.05, 3.63) is 101 Å². The fourth-order valence-corrected chi connectivity index (χ4v) is 2.72. The van der Waals surface area contributed by atoms with Gasteiger partial charge in [0.25, 0.3) is 11.8 Å². The van der Waals surface area contributed by atoms with Gasteiger partial charge in [0.15, 0.2) is 0 Å². The van der Waals surface area contributed by atoms with Gasteiger partial charge in [-0.15, -0.1) is 0 Å². The molecule has 0 spiro atoms. The number of benzene rings is 3. The van der Waals surface area contributed by atoms with Gasteiger partial charge in [-0.2, -0.15) is 13.2 Å². The first-order chi connectivity index (χ1) is 13.8. The van der Waals surface area contributed by atoms with Crippen molar-refractivity contribution >= 4 is 17.5 Å². The third kappa shape index (κ3) is 5.22. The SMILES string of the molecule is O=C(NCc1ccccc1)c1cccc(C(=O)Nc2ccccc2C(F)(F)F)c1. The highest BCUT2D eigenvalue weighted by molar-refractivity contribution is 6.06. The van der Waals surface area contributed by atoms with Crippen LogP contribution in [0.15, 0.2) is 78.9 Å². The second-order valence-electron chi connectivity index (χ2n) is 6.25. The minimum absolute atomic E-state index is 0.0781. The number of halogens is 3. The molecule has 2 amide bonds. The smallest absolute Gasteiger partial charge is 0.348 e. The van der Waals surface area contributed by atoms with Gasteiger partial charge >= 0.3 is 6.18 Å². The van der Waals surface area contributed by atoms with Crippen molar-refractivity contribution in [2.45, 2.75) is 12.7 Å². The summed E-state index contributed by atoms with van der Waals surface area (Å²) in [6.45, 7) is 0.315. The maximum absolute atomic E-state index is 13.1. The molecule has 148 valence electrons. The monoisotopic (exact) mass is 398 g/mol. The first-order valence-corrected chi connectivity index (χ1v) is 8.74. The van der Waals surface area contributed by atoms with Gasteiger partial charge in [0.2, 0.25) is 0 Å². The molecule has 3 rings (SSSR count). The van der Waals surface area contributed by atoms with Gasteiger partial charge in [0.1, 0.15) is 0 Å². The summed E-state index contributed by atoms with van der Waals surface area (Å²) in [5, 5.41) is 5.01. The van der Waals surface area contributed by atoms with E-state index in [4.69, 9.17) is 0 Å². The molecule has 0 aliphatic carbocycles. The van der Waals surface area contributed by atoms with Crippen molar-refractivity contribution in [1.82, 2.24) is 5.32 Å². The van der Waals surface area contributed by atoms with Gasteiger partial charge in [-0.05, 0) is 35.9 Å². The Labute approximate surface area is 165 Å². The molecule has 0 atom stereocenters. The zero-order valence-corrected chi connectivity index (χ0v) is 15.2. The first-order valence-electron chi connectivity index (χ1n) is 8.74. The molecule has 0 aliphatic heterocycles. The number of nitrogens with one attached hydrogen (secondary N) is 2. The number of hydrogen-bond acceptors (Lipinski definition) is 2. The molecule has 0 aromatic heterocycles. The van der Waals surface area contributed by atoms with Gasteiger partial charge in [-0.1, -0.05) is 48.5 Å². The summed E-state index contributed by atoms with van der Waals surface area (Å²) >= 11 is 0. The summed E-state index contributed by atoms with van der Waals surface area (Å²) in [5.41, 5.74) is -0.0560. The van der Waals surface area contributed by atoms with Gasteiger partial charge in [0.05, 0.1) is 11.3 Å². The molecule has 29 heavy (non-hydrogen) atoms. The van der Waals surface area contributed by atoms with Crippen molar-refractivity contribution < 1.29 is 22.8 Å². The standard InChI is InChI=1S/C22H17F3N2O2/c23-22(24,25)18-11-4-5-12-19(18)27-21(29)17-10-6-9-16(13-17)20(28)26-14-15-7-2-1-3-8-15/h1-13H,14H2,(H,26,28)(H,27,29). The molecular formula is C22H17F3N2O2. The Hall–Kier alpha value is -3.61. The van der Waals surface area contributed by atoms with E-state index in [1.165, 1.54) is 42.5 Å². The second kappa shape index (κ2) is 8.60. The lowest BCUT2D eigenvalue weighted by Crippen LogP contribution is -2.23. The summed E-state index contributed by atoms with van der Waals surface area (Å²) in [7, 11) is 0. The average Bonchev–Trinajstić information content (AvgIpc) is 2.72. The molecule has 0 heterocycles. The van der Waals surface area contributed by atoms with Crippen LogP contribution >= 0.6 is 0 Å².